The largest absolute Gasteiger partial charge is 0.389 e. The fourth-order valence-electron chi connectivity index (χ4n) is 1.41. The number of hydrogen-bond acceptors (Lipinski definition) is 3. The van der Waals surface area contributed by atoms with Crippen LogP contribution in [0, 0.1) is 0 Å². The average molecular weight is 253 g/mol. The number of rotatable bonds is 7. The summed E-state index contributed by atoms with van der Waals surface area (Å²) in [5, 5.41) is 0. The molecule has 4 heteroatoms. The fraction of sp³-hybridized carbons (Fsp3) is 0.462. The Hall–Kier alpha value is -0.970. The molecular formula is C13H19NO2S. The first-order chi connectivity index (χ1) is 8.11. The maximum atomic E-state index is 5.64. The summed E-state index contributed by atoms with van der Waals surface area (Å²) in [6.45, 7) is 5.69. The summed E-state index contributed by atoms with van der Waals surface area (Å²) in [4.78, 5) is 0.405. The third-order valence-corrected chi connectivity index (χ3v) is 2.44. The number of thiocarbonyl (C=S) groups is 1. The van der Waals surface area contributed by atoms with Crippen LogP contribution in [0.25, 0.3) is 0 Å². The molecule has 94 valence electrons. The second-order valence-corrected chi connectivity index (χ2v) is 4.43. The van der Waals surface area contributed by atoms with Gasteiger partial charge in [-0.3, -0.25) is 0 Å². The first-order valence-corrected chi connectivity index (χ1v) is 6.09. The lowest BCUT2D eigenvalue weighted by Gasteiger charge is -2.10. The molecule has 0 spiro atoms. The number of benzene rings is 1. The Morgan fingerprint density at radius 1 is 1.29 bits per heavy atom. The lowest BCUT2D eigenvalue weighted by Crippen LogP contribution is -2.14. The molecule has 2 N–H and O–H groups in total. The molecule has 17 heavy (non-hydrogen) atoms. The van der Waals surface area contributed by atoms with Gasteiger partial charge in [0.2, 0.25) is 0 Å². The second kappa shape index (κ2) is 7.37. The van der Waals surface area contributed by atoms with Crippen molar-refractivity contribution in [3.63, 3.8) is 0 Å². The smallest absolute Gasteiger partial charge is 0.104 e. The van der Waals surface area contributed by atoms with Crippen molar-refractivity contribution in [3.8, 4) is 0 Å². The normalized spacial score (nSPS) is 10.8. The van der Waals surface area contributed by atoms with Crippen molar-refractivity contribution in [2.45, 2.75) is 26.6 Å². The quantitative estimate of drug-likeness (QED) is 0.598. The zero-order chi connectivity index (χ0) is 12.7. The lowest BCUT2D eigenvalue weighted by atomic mass is 10.1. The minimum Gasteiger partial charge on any atom is -0.389 e. The molecule has 0 atom stereocenters. The molecule has 0 saturated heterocycles. The van der Waals surface area contributed by atoms with Gasteiger partial charge in [-0.05, 0) is 19.4 Å². The van der Waals surface area contributed by atoms with Crippen LogP contribution in [0.2, 0.25) is 0 Å². The van der Waals surface area contributed by atoms with E-state index < -0.39 is 0 Å². The van der Waals surface area contributed by atoms with Gasteiger partial charge in [-0.2, -0.15) is 0 Å². The van der Waals surface area contributed by atoms with Gasteiger partial charge in [0.1, 0.15) is 4.99 Å². The predicted molar refractivity (Wildman–Crippen MR) is 73.1 cm³/mol. The zero-order valence-corrected chi connectivity index (χ0v) is 11.1. The summed E-state index contributed by atoms with van der Waals surface area (Å²) in [5.74, 6) is 0. The number of hydrogen-bond donors (Lipinski definition) is 1. The van der Waals surface area contributed by atoms with Crippen molar-refractivity contribution in [3.05, 3.63) is 35.4 Å². The van der Waals surface area contributed by atoms with Crippen LogP contribution >= 0.6 is 12.2 Å². The monoisotopic (exact) mass is 253 g/mol. The molecule has 0 bridgehead atoms. The summed E-state index contributed by atoms with van der Waals surface area (Å²) >= 11 is 4.98. The molecule has 1 aromatic carbocycles. The Kier molecular flexibility index (Phi) is 6.11. The topological polar surface area (TPSA) is 44.5 Å². The molecule has 1 aromatic rings. The van der Waals surface area contributed by atoms with Crippen LogP contribution in [0.5, 0.6) is 0 Å². The van der Waals surface area contributed by atoms with Crippen molar-refractivity contribution in [2.24, 2.45) is 5.73 Å². The van der Waals surface area contributed by atoms with Crippen LogP contribution in [0.15, 0.2) is 24.3 Å². The van der Waals surface area contributed by atoms with E-state index in [4.69, 9.17) is 27.4 Å². The van der Waals surface area contributed by atoms with Gasteiger partial charge < -0.3 is 15.2 Å². The van der Waals surface area contributed by atoms with Crippen LogP contribution in [0.3, 0.4) is 0 Å². The highest BCUT2D eigenvalue weighted by Gasteiger charge is 2.04. The van der Waals surface area contributed by atoms with E-state index in [9.17, 15) is 0 Å². The van der Waals surface area contributed by atoms with E-state index >= 15 is 0 Å². The average Bonchev–Trinajstić information content (AvgIpc) is 2.28. The Bertz CT molecular complexity index is 366. The summed E-state index contributed by atoms with van der Waals surface area (Å²) in [6, 6.07) is 7.74. The minimum absolute atomic E-state index is 0.238. The fourth-order valence-corrected chi connectivity index (χ4v) is 1.61. The van der Waals surface area contributed by atoms with Crippen molar-refractivity contribution < 1.29 is 9.47 Å². The lowest BCUT2D eigenvalue weighted by molar-refractivity contribution is 0.0143. The summed E-state index contributed by atoms with van der Waals surface area (Å²) in [6.07, 6.45) is 0.238. The molecular weight excluding hydrogens is 234 g/mol. The molecule has 0 fully saturated rings. The van der Waals surface area contributed by atoms with Gasteiger partial charge >= 0.3 is 0 Å². The SMILES string of the molecule is CC(C)OCCOCc1ccccc1C(N)=S. The van der Waals surface area contributed by atoms with E-state index in [1.807, 2.05) is 38.1 Å². The van der Waals surface area contributed by atoms with Gasteiger partial charge in [0.15, 0.2) is 0 Å². The standard InChI is InChI=1S/C13H19NO2S/c1-10(2)16-8-7-15-9-11-5-3-4-6-12(11)13(14)17/h3-6,10H,7-9H2,1-2H3,(H2,14,17). The van der Waals surface area contributed by atoms with Crippen molar-refractivity contribution in [2.75, 3.05) is 13.2 Å². The van der Waals surface area contributed by atoms with Gasteiger partial charge in [0.05, 0.1) is 25.9 Å². The molecule has 0 amide bonds. The van der Waals surface area contributed by atoms with Crippen LogP contribution < -0.4 is 5.73 Å². The molecule has 0 saturated carbocycles. The molecule has 3 nitrogen and oxygen atoms in total. The Morgan fingerprint density at radius 2 is 2.00 bits per heavy atom. The van der Waals surface area contributed by atoms with Gasteiger partial charge in [0.25, 0.3) is 0 Å². The van der Waals surface area contributed by atoms with E-state index in [1.54, 1.807) is 0 Å². The summed E-state index contributed by atoms with van der Waals surface area (Å²) in [5.41, 5.74) is 7.54. The van der Waals surface area contributed by atoms with Crippen LogP contribution in [-0.2, 0) is 16.1 Å². The minimum atomic E-state index is 0.238. The molecule has 0 aliphatic heterocycles. The maximum absolute atomic E-state index is 5.64. The van der Waals surface area contributed by atoms with Crippen LogP contribution in [0.1, 0.15) is 25.0 Å². The number of ether oxygens (including phenoxy) is 2. The summed E-state index contributed by atoms with van der Waals surface area (Å²) in [7, 11) is 0. The van der Waals surface area contributed by atoms with E-state index in [0.717, 1.165) is 11.1 Å². The predicted octanol–water partition coefficient (Wildman–Crippen LogP) is 2.26. The van der Waals surface area contributed by atoms with Gasteiger partial charge in [-0.15, -0.1) is 0 Å². The van der Waals surface area contributed by atoms with Gasteiger partial charge in [-0.1, -0.05) is 36.5 Å². The van der Waals surface area contributed by atoms with Crippen molar-refractivity contribution >= 4 is 17.2 Å². The Morgan fingerprint density at radius 3 is 2.65 bits per heavy atom. The van der Waals surface area contributed by atoms with E-state index in [0.29, 0.717) is 24.8 Å². The molecule has 1 rings (SSSR count). The zero-order valence-electron chi connectivity index (χ0n) is 10.3. The van der Waals surface area contributed by atoms with E-state index in [1.165, 1.54) is 0 Å². The second-order valence-electron chi connectivity index (χ2n) is 3.99. The molecule has 0 radical (unpaired) electrons. The first kappa shape index (κ1) is 14.1. The highest BCUT2D eigenvalue weighted by atomic mass is 32.1. The Labute approximate surface area is 108 Å². The van der Waals surface area contributed by atoms with Crippen molar-refractivity contribution in [1.29, 1.82) is 0 Å². The Balaban J connectivity index is 2.39. The highest BCUT2D eigenvalue weighted by Crippen LogP contribution is 2.09. The number of nitrogens with two attached hydrogens (primary N) is 1. The molecule has 0 aromatic heterocycles. The first-order valence-electron chi connectivity index (χ1n) is 5.68. The summed E-state index contributed by atoms with van der Waals surface area (Å²) < 4.78 is 10.9. The molecule has 0 aliphatic carbocycles. The van der Waals surface area contributed by atoms with Gasteiger partial charge in [-0.25, -0.2) is 0 Å². The molecule has 0 unspecified atom stereocenters. The maximum Gasteiger partial charge on any atom is 0.104 e. The van der Waals surface area contributed by atoms with Crippen molar-refractivity contribution in [1.82, 2.24) is 0 Å². The van der Waals surface area contributed by atoms with E-state index in [2.05, 4.69) is 0 Å². The molecule has 0 aliphatic rings. The van der Waals surface area contributed by atoms with E-state index in [-0.39, 0.29) is 6.10 Å². The van der Waals surface area contributed by atoms with Crippen LogP contribution in [0.4, 0.5) is 0 Å². The third kappa shape index (κ3) is 5.26. The van der Waals surface area contributed by atoms with Crippen LogP contribution in [-0.4, -0.2) is 24.3 Å². The highest BCUT2D eigenvalue weighted by molar-refractivity contribution is 7.80. The third-order valence-electron chi connectivity index (χ3n) is 2.22. The van der Waals surface area contributed by atoms with Gasteiger partial charge in [0, 0.05) is 5.56 Å². The molecule has 0 heterocycles.